The molecule has 0 bridgehead atoms. The molecular formula is C76H122N14O14. The minimum absolute atomic E-state index is 0.00564. The zero-order valence-electron chi connectivity index (χ0n) is 65.9. The van der Waals surface area contributed by atoms with E-state index < -0.39 is 175 Å². The summed E-state index contributed by atoms with van der Waals surface area (Å²) in [6.45, 7) is 26.2. The van der Waals surface area contributed by atoms with Gasteiger partial charge in [-0.1, -0.05) is 127 Å². The number of hydrogen-bond donors (Lipinski definition) is 6. The van der Waals surface area contributed by atoms with Gasteiger partial charge in [-0.3, -0.25) is 57.5 Å². The fraction of sp³-hybridized carbons (Fsp3) is 0.658. The van der Waals surface area contributed by atoms with Crippen molar-refractivity contribution in [2.45, 2.75) is 216 Å². The number of carbonyl (C=O) groups excluding carboxylic acids is 12. The molecule has 1 saturated heterocycles. The summed E-state index contributed by atoms with van der Waals surface area (Å²) in [5.41, 5.74) is 1.53. The summed E-state index contributed by atoms with van der Waals surface area (Å²) < 4.78 is 5.91. The molecule has 1 aliphatic rings. The van der Waals surface area contributed by atoms with Crippen LogP contribution in [0.4, 0.5) is 17.1 Å². The minimum atomic E-state index is -1.66. The number of rotatable bonds is 22. The fourth-order valence-electron chi connectivity index (χ4n) is 12.4. The van der Waals surface area contributed by atoms with E-state index in [-0.39, 0.29) is 62.2 Å². The van der Waals surface area contributed by atoms with Gasteiger partial charge in [0.25, 0.3) is 0 Å². The third-order valence-corrected chi connectivity index (χ3v) is 18.7. The Morgan fingerprint density at radius 2 is 0.990 bits per heavy atom. The third kappa shape index (κ3) is 26.2. The zero-order valence-corrected chi connectivity index (χ0v) is 65.9. The molecule has 6 N–H and O–H groups in total. The van der Waals surface area contributed by atoms with E-state index in [9.17, 15) is 43.5 Å². The van der Waals surface area contributed by atoms with Crippen LogP contribution >= 0.6 is 0 Å². The maximum atomic E-state index is 15.5. The summed E-state index contributed by atoms with van der Waals surface area (Å²) in [5, 5.41) is 34.4. The molecule has 28 nitrogen and oxygen atoms in total. The van der Waals surface area contributed by atoms with E-state index in [1.165, 1.54) is 75.9 Å². The largest absolute Gasteiger partial charge is 0.390 e. The Balaban J connectivity index is 2.33. The SMILES string of the molecule is C/C=C/C[C@@H](C)[C@@H](O)[C@H]1C(=O)N[C@@H](CC)C(=O)N(C)CC(=O)N(C)[C@@H](CC(C)C)C(=O)N[C@@H](C(C)C)C(=O)N(C)[C@@H](CC(C)C)C(=O)N[C@@H](C)C(=O)N[C@H](COCC(=O)Nc2ccc(N=Nc3ccccc3)cc2)C(=O)N(C)[C@@H](CC(C)C)C(=O)N(C)[C@@H](CC(C)C)C(=O)N(C)[C@@H](C(C)C)C(=O)N1C. The number of nitrogens with zero attached hydrogens (tertiary/aromatic N) is 9. The molecule has 0 aliphatic carbocycles. The van der Waals surface area contributed by atoms with E-state index in [0.717, 1.165) is 14.7 Å². The number of aliphatic hydroxyl groups is 1. The number of amides is 12. The number of aliphatic hydroxyl groups excluding tert-OH is 1. The molecule has 1 fully saturated rings. The number of azo groups is 1. The molecule has 0 saturated carbocycles. The van der Waals surface area contributed by atoms with Crippen molar-refractivity contribution in [3.05, 3.63) is 66.7 Å². The van der Waals surface area contributed by atoms with Crippen LogP contribution < -0.4 is 26.6 Å². The molecule has 1 heterocycles. The second-order valence-electron chi connectivity index (χ2n) is 30.1. The van der Waals surface area contributed by atoms with Gasteiger partial charge in [0.2, 0.25) is 70.9 Å². The lowest BCUT2D eigenvalue weighted by molar-refractivity contribution is -0.157. The van der Waals surface area contributed by atoms with Gasteiger partial charge in [0.1, 0.15) is 67.0 Å². The highest BCUT2D eigenvalue weighted by atomic mass is 16.5. The first-order valence-corrected chi connectivity index (χ1v) is 36.4. The summed E-state index contributed by atoms with van der Waals surface area (Å²) in [5.74, 6) is -11.7. The number of ether oxygens (including phenoxy) is 1. The standard InChI is InChI=1S/C76H122N14O14/c1-24-26-30-50(15)66(93)65-70(97)79-55(25-2)71(98)84(17)41-62(92)85(18)57(37-44(3)4)69(96)81-63(48(11)12)75(102)86(19)58(38-45(5)6)68(95)77-51(16)67(94)80-56(42-104-43-61(91)78-52-33-35-54(36-34-52)83-82-53-31-28-27-29-32-53)72(99)87(20)59(39-46(7)8)73(100)88(21)60(40-47(9)10)74(101)89(22)64(49(13)14)76(103)90(65)23/h24,26-29,31-36,44-51,55-60,63-66,93H,25,30,37-43H2,1-23H3,(H,77,95)(H,78,91)(H,79,97)(H,80,94)(H,81,96)/b26-24+,83-82?/t50-,51+,55+,56-,57+,58+,59+,60+,63+,64+,65+,66-/m1/s1. The first-order valence-electron chi connectivity index (χ1n) is 36.4. The van der Waals surface area contributed by atoms with Crippen LogP contribution in [-0.2, 0) is 62.3 Å². The van der Waals surface area contributed by atoms with Crippen LogP contribution in [0.25, 0.3) is 0 Å². The lowest BCUT2D eigenvalue weighted by atomic mass is 9.91. The van der Waals surface area contributed by atoms with Gasteiger partial charge in [0, 0.05) is 55.0 Å². The Morgan fingerprint density at radius 3 is 1.49 bits per heavy atom. The summed E-state index contributed by atoms with van der Waals surface area (Å²) in [7, 11) is 9.69. The van der Waals surface area contributed by atoms with Crippen molar-refractivity contribution in [1.29, 1.82) is 0 Å². The molecule has 12 atom stereocenters. The predicted octanol–water partition coefficient (Wildman–Crippen LogP) is 6.32. The number of allylic oxidation sites excluding steroid dienone is 2. The summed E-state index contributed by atoms with van der Waals surface area (Å²) in [4.78, 5) is 186. The molecule has 0 spiro atoms. The number of anilines is 1. The van der Waals surface area contributed by atoms with Crippen LogP contribution in [0.2, 0.25) is 0 Å². The molecule has 580 valence electrons. The average molecular weight is 1460 g/mol. The average Bonchev–Trinajstić information content (AvgIpc) is 0.804. The van der Waals surface area contributed by atoms with Crippen LogP contribution in [0, 0.1) is 41.4 Å². The van der Waals surface area contributed by atoms with Crippen LogP contribution in [0.1, 0.15) is 149 Å². The molecule has 2 aromatic rings. The molecule has 1 aliphatic heterocycles. The highest BCUT2D eigenvalue weighted by Crippen LogP contribution is 2.27. The van der Waals surface area contributed by atoms with Crippen molar-refractivity contribution in [3.8, 4) is 0 Å². The second kappa shape index (κ2) is 42.3. The van der Waals surface area contributed by atoms with E-state index in [2.05, 4.69) is 36.8 Å². The van der Waals surface area contributed by atoms with Gasteiger partial charge in [-0.05, 0) is 130 Å². The summed E-state index contributed by atoms with van der Waals surface area (Å²) in [6, 6.07) is 2.01. The van der Waals surface area contributed by atoms with Gasteiger partial charge in [0.05, 0.1) is 30.6 Å². The van der Waals surface area contributed by atoms with E-state index in [1.54, 1.807) is 97.0 Å². The summed E-state index contributed by atoms with van der Waals surface area (Å²) >= 11 is 0. The fourth-order valence-corrected chi connectivity index (χ4v) is 12.4. The lowest BCUT2D eigenvalue weighted by Crippen LogP contribution is -2.63. The quantitative estimate of drug-likeness (QED) is 0.0555. The molecule has 28 heteroatoms. The van der Waals surface area contributed by atoms with E-state index in [1.807, 2.05) is 73.6 Å². The Bertz CT molecular complexity index is 3270. The van der Waals surface area contributed by atoms with Gasteiger partial charge >= 0.3 is 0 Å². The Labute approximate surface area is 617 Å². The number of benzene rings is 2. The molecule has 2 aromatic carbocycles. The van der Waals surface area contributed by atoms with Gasteiger partial charge in [0.15, 0.2) is 0 Å². The van der Waals surface area contributed by atoms with Crippen LogP contribution in [-0.4, -0.2) is 246 Å². The Morgan fingerprint density at radius 1 is 0.529 bits per heavy atom. The maximum absolute atomic E-state index is 15.5. The minimum Gasteiger partial charge on any atom is -0.390 e. The Kier molecular flexibility index (Phi) is 36.5. The third-order valence-electron chi connectivity index (χ3n) is 18.7. The molecule has 3 rings (SSSR count). The number of nitrogens with one attached hydrogen (secondary N) is 5. The number of hydrogen-bond acceptors (Lipinski definition) is 16. The van der Waals surface area contributed by atoms with E-state index in [0.29, 0.717) is 17.1 Å². The van der Waals surface area contributed by atoms with Crippen molar-refractivity contribution in [1.82, 2.24) is 55.6 Å². The zero-order chi connectivity index (χ0) is 78.9. The highest BCUT2D eigenvalue weighted by Gasteiger charge is 2.46. The first kappa shape index (κ1) is 89.6. The molecule has 0 aromatic heterocycles. The second-order valence-corrected chi connectivity index (χ2v) is 30.1. The van der Waals surface area contributed by atoms with Gasteiger partial charge in [-0.2, -0.15) is 10.2 Å². The van der Waals surface area contributed by atoms with Crippen molar-refractivity contribution >= 4 is 87.9 Å². The predicted molar refractivity (Wildman–Crippen MR) is 399 cm³/mol. The van der Waals surface area contributed by atoms with E-state index in [4.69, 9.17) is 4.74 Å². The van der Waals surface area contributed by atoms with Crippen molar-refractivity contribution < 1.29 is 67.4 Å². The molecule has 12 amide bonds. The number of likely N-dealkylation sites (N-methyl/N-ethyl adjacent to an activating group) is 7. The van der Waals surface area contributed by atoms with Crippen LogP contribution in [0.3, 0.4) is 0 Å². The van der Waals surface area contributed by atoms with Crippen molar-refractivity contribution in [2.24, 2.45) is 51.7 Å². The Hall–Kier alpha value is -8.66. The monoisotopic (exact) mass is 1450 g/mol. The maximum Gasteiger partial charge on any atom is 0.250 e. The lowest BCUT2D eigenvalue weighted by Gasteiger charge is -2.41. The highest BCUT2D eigenvalue weighted by molar-refractivity contribution is 6.00. The van der Waals surface area contributed by atoms with Gasteiger partial charge < -0.3 is 70.7 Å². The smallest absolute Gasteiger partial charge is 0.250 e. The van der Waals surface area contributed by atoms with Crippen LogP contribution in [0.15, 0.2) is 77.0 Å². The van der Waals surface area contributed by atoms with Gasteiger partial charge in [-0.25, -0.2) is 0 Å². The summed E-state index contributed by atoms with van der Waals surface area (Å²) in [6.07, 6.45) is 2.59. The van der Waals surface area contributed by atoms with Crippen molar-refractivity contribution in [3.63, 3.8) is 0 Å². The first-order chi connectivity index (χ1) is 48.6. The molecule has 104 heavy (non-hydrogen) atoms. The molecule has 0 radical (unpaired) electrons. The molecule has 0 unspecified atom stereocenters. The van der Waals surface area contributed by atoms with Gasteiger partial charge in [-0.15, -0.1) is 0 Å². The number of carbonyl (C=O) groups is 12. The van der Waals surface area contributed by atoms with Crippen molar-refractivity contribution in [2.75, 3.05) is 74.4 Å². The van der Waals surface area contributed by atoms with Crippen LogP contribution in [0.5, 0.6) is 0 Å². The topological polar surface area (TPSA) is 342 Å². The molecular weight excluding hydrogens is 1330 g/mol. The van der Waals surface area contributed by atoms with E-state index >= 15 is 19.2 Å². The normalized spacial score (nSPS) is 24.1.